The van der Waals surface area contributed by atoms with Crippen molar-refractivity contribution in [3.63, 3.8) is 0 Å². The Morgan fingerprint density at radius 3 is 2.62 bits per heavy atom. The number of nitrogens with two attached hydrogens (primary N) is 1. The van der Waals surface area contributed by atoms with Gasteiger partial charge in [-0.2, -0.15) is 0 Å². The lowest BCUT2D eigenvalue weighted by Gasteiger charge is -2.32. The molecule has 2 atom stereocenters. The van der Waals surface area contributed by atoms with Crippen molar-refractivity contribution < 1.29 is 5.11 Å². The highest BCUT2D eigenvalue weighted by atomic mass is 16.2. The molecule has 0 heterocycles. The number of hydrogen-bond donors (Lipinski definition) is 2. The maximum atomic E-state index is 8.70. The van der Waals surface area contributed by atoms with Crippen molar-refractivity contribution in [1.82, 2.24) is 4.90 Å². The van der Waals surface area contributed by atoms with Crippen molar-refractivity contribution in [1.29, 1.82) is 0 Å². The Labute approximate surface area is 100 Å². The molecule has 0 saturated heterocycles. The standard InChI is InChI=1S/C13H28N2O/c1-15(9-5-2-6-10-16)11-12-7-3-4-8-13(12)14/h12-13,16H,2-11,14H2,1H3. The Morgan fingerprint density at radius 2 is 1.94 bits per heavy atom. The van der Waals surface area contributed by atoms with Crippen LogP contribution in [0.4, 0.5) is 0 Å². The maximum absolute atomic E-state index is 8.70. The van der Waals surface area contributed by atoms with Gasteiger partial charge >= 0.3 is 0 Å². The predicted octanol–water partition coefficient (Wildman–Crippen LogP) is 1.60. The van der Waals surface area contributed by atoms with Crippen molar-refractivity contribution in [2.45, 2.75) is 51.0 Å². The van der Waals surface area contributed by atoms with Gasteiger partial charge in [0.25, 0.3) is 0 Å². The molecule has 1 aliphatic carbocycles. The molecule has 0 aliphatic heterocycles. The summed E-state index contributed by atoms with van der Waals surface area (Å²) < 4.78 is 0. The van der Waals surface area contributed by atoms with Crippen LogP contribution in [0.3, 0.4) is 0 Å². The van der Waals surface area contributed by atoms with E-state index in [2.05, 4.69) is 11.9 Å². The first kappa shape index (κ1) is 13.9. The van der Waals surface area contributed by atoms with Crippen molar-refractivity contribution in [3.8, 4) is 0 Å². The predicted molar refractivity (Wildman–Crippen MR) is 68.4 cm³/mol. The summed E-state index contributed by atoms with van der Waals surface area (Å²) in [5.41, 5.74) is 6.14. The molecule has 16 heavy (non-hydrogen) atoms. The average molecular weight is 228 g/mol. The zero-order valence-corrected chi connectivity index (χ0v) is 10.7. The van der Waals surface area contributed by atoms with Gasteiger partial charge in [-0.25, -0.2) is 0 Å². The SMILES string of the molecule is CN(CCCCCO)CC1CCCCC1N. The zero-order chi connectivity index (χ0) is 11.8. The molecule has 96 valence electrons. The van der Waals surface area contributed by atoms with E-state index in [-0.39, 0.29) is 0 Å². The molecule has 0 amide bonds. The molecule has 0 bridgehead atoms. The van der Waals surface area contributed by atoms with E-state index < -0.39 is 0 Å². The van der Waals surface area contributed by atoms with Gasteiger partial charge in [0.15, 0.2) is 0 Å². The molecule has 3 heteroatoms. The van der Waals surface area contributed by atoms with Crippen LogP contribution in [0.5, 0.6) is 0 Å². The largest absolute Gasteiger partial charge is 0.396 e. The van der Waals surface area contributed by atoms with Crippen molar-refractivity contribution >= 4 is 0 Å². The van der Waals surface area contributed by atoms with Gasteiger partial charge in [0, 0.05) is 19.2 Å². The monoisotopic (exact) mass is 228 g/mol. The average Bonchev–Trinajstić information content (AvgIpc) is 2.28. The number of nitrogens with zero attached hydrogens (tertiary/aromatic N) is 1. The summed E-state index contributed by atoms with van der Waals surface area (Å²) in [5.74, 6) is 0.705. The van der Waals surface area contributed by atoms with Crippen LogP contribution in [0.1, 0.15) is 44.9 Å². The van der Waals surface area contributed by atoms with E-state index in [1.54, 1.807) is 0 Å². The Kier molecular flexibility index (Phi) is 7.01. The summed E-state index contributed by atoms with van der Waals surface area (Å²) in [6.45, 7) is 2.63. The topological polar surface area (TPSA) is 49.5 Å². The molecule has 3 N–H and O–H groups in total. The van der Waals surface area contributed by atoms with E-state index in [1.807, 2.05) is 0 Å². The van der Waals surface area contributed by atoms with Crippen LogP contribution < -0.4 is 5.73 Å². The van der Waals surface area contributed by atoms with Crippen LogP contribution in [-0.2, 0) is 0 Å². The molecule has 1 fully saturated rings. The lowest BCUT2D eigenvalue weighted by Crippen LogP contribution is -2.40. The summed E-state index contributed by atoms with van der Waals surface area (Å²) in [7, 11) is 2.19. The smallest absolute Gasteiger partial charge is 0.0431 e. The molecule has 0 spiro atoms. The van der Waals surface area contributed by atoms with E-state index >= 15 is 0 Å². The normalized spacial score (nSPS) is 26.2. The van der Waals surface area contributed by atoms with E-state index in [0.29, 0.717) is 18.6 Å². The van der Waals surface area contributed by atoms with Gasteiger partial charge in [-0.1, -0.05) is 12.8 Å². The molecule has 2 unspecified atom stereocenters. The van der Waals surface area contributed by atoms with Crippen molar-refractivity contribution in [2.24, 2.45) is 11.7 Å². The molecule has 0 aromatic carbocycles. The molecule has 1 saturated carbocycles. The third-order valence-corrected chi connectivity index (χ3v) is 3.71. The highest BCUT2D eigenvalue weighted by molar-refractivity contribution is 4.79. The summed E-state index contributed by atoms with van der Waals surface area (Å²) >= 11 is 0. The minimum absolute atomic E-state index is 0.331. The Bertz CT molecular complexity index is 175. The number of rotatable bonds is 7. The Balaban J connectivity index is 2.09. The number of hydrogen-bond acceptors (Lipinski definition) is 3. The van der Waals surface area contributed by atoms with E-state index in [1.165, 1.54) is 32.1 Å². The van der Waals surface area contributed by atoms with Crippen molar-refractivity contribution in [2.75, 3.05) is 26.7 Å². The molecule has 1 rings (SSSR count). The van der Waals surface area contributed by atoms with Gasteiger partial charge in [-0.3, -0.25) is 0 Å². The molecular formula is C13H28N2O. The molecule has 0 aromatic rings. The summed E-state index contributed by atoms with van der Waals surface area (Å²) in [6, 6.07) is 0.425. The zero-order valence-electron chi connectivity index (χ0n) is 10.7. The maximum Gasteiger partial charge on any atom is 0.0431 e. The third-order valence-electron chi connectivity index (χ3n) is 3.71. The van der Waals surface area contributed by atoms with Gasteiger partial charge in [0.2, 0.25) is 0 Å². The Hall–Kier alpha value is -0.120. The van der Waals surface area contributed by atoms with Gasteiger partial charge in [-0.15, -0.1) is 0 Å². The lowest BCUT2D eigenvalue weighted by molar-refractivity contribution is 0.206. The van der Waals surface area contributed by atoms with Crippen LogP contribution >= 0.6 is 0 Å². The fraction of sp³-hybridized carbons (Fsp3) is 1.00. The summed E-state index contributed by atoms with van der Waals surface area (Å²) in [5, 5.41) is 8.70. The number of unbranched alkanes of at least 4 members (excludes halogenated alkanes) is 2. The molecule has 0 aromatic heterocycles. The summed E-state index contributed by atoms with van der Waals surface area (Å²) in [6.07, 6.45) is 8.47. The second kappa shape index (κ2) is 8.04. The van der Waals surface area contributed by atoms with E-state index in [0.717, 1.165) is 25.9 Å². The number of aliphatic hydroxyl groups is 1. The second-order valence-electron chi connectivity index (χ2n) is 5.25. The summed E-state index contributed by atoms with van der Waals surface area (Å²) in [4.78, 5) is 2.41. The van der Waals surface area contributed by atoms with Crippen LogP contribution in [0.2, 0.25) is 0 Å². The van der Waals surface area contributed by atoms with Crippen LogP contribution in [0.25, 0.3) is 0 Å². The first-order valence-corrected chi connectivity index (χ1v) is 6.79. The highest BCUT2D eigenvalue weighted by Gasteiger charge is 2.22. The molecule has 1 aliphatic rings. The van der Waals surface area contributed by atoms with Gasteiger partial charge in [-0.05, 0) is 51.6 Å². The highest BCUT2D eigenvalue weighted by Crippen LogP contribution is 2.23. The van der Waals surface area contributed by atoms with E-state index in [4.69, 9.17) is 10.8 Å². The fourth-order valence-corrected chi connectivity index (χ4v) is 2.62. The van der Waals surface area contributed by atoms with Gasteiger partial charge in [0.05, 0.1) is 0 Å². The first-order chi connectivity index (χ1) is 7.74. The van der Waals surface area contributed by atoms with Crippen LogP contribution in [0.15, 0.2) is 0 Å². The third kappa shape index (κ3) is 5.28. The van der Waals surface area contributed by atoms with Crippen LogP contribution in [-0.4, -0.2) is 42.8 Å². The quantitative estimate of drug-likeness (QED) is 0.651. The lowest BCUT2D eigenvalue weighted by atomic mass is 9.85. The van der Waals surface area contributed by atoms with Gasteiger partial charge in [0.1, 0.15) is 0 Å². The Morgan fingerprint density at radius 1 is 1.19 bits per heavy atom. The fourth-order valence-electron chi connectivity index (χ4n) is 2.62. The van der Waals surface area contributed by atoms with Crippen molar-refractivity contribution in [3.05, 3.63) is 0 Å². The second-order valence-corrected chi connectivity index (χ2v) is 5.25. The molecule has 3 nitrogen and oxygen atoms in total. The number of aliphatic hydroxyl groups excluding tert-OH is 1. The minimum atomic E-state index is 0.331. The van der Waals surface area contributed by atoms with Gasteiger partial charge < -0.3 is 15.7 Å². The van der Waals surface area contributed by atoms with E-state index in [9.17, 15) is 0 Å². The molecule has 0 radical (unpaired) electrons. The first-order valence-electron chi connectivity index (χ1n) is 6.79. The minimum Gasteiger partial charge on any atom is -0.396 e. The molecular weight excluding hydrogens is 200 g/mol. The van der Waals surface area contributed by atoms with Crippen LogP contribution in [0, 0.1) is 5.92 Å².